The van der Waals surface area contributed by atoms with Crippen LogP contribution in [0, 0.1) is 6.92 Å². The number of aromatic nitrogens is 2. The van der Waals surface area contributed by atoms with Crippen LogP contribution in [0.3, 0.4) is 0 Å². The summed E-state index contributed by atoms with van der Waals surface area (Å²) < 4.78 is 3.14. The van der Waals surface area contributed by atoms with Gasteiger partial charge in [0.15, 0.2) is 0 Å². The monoisotopic (exact) mass is 321 g/mol. The molecule has 2 aromatic rings. The summed E-state index contributed by atoms with van der Waals surface area (Å²) in [7, 11) is 0. The molecule has 4 heteroatoms. The van der Waals surface area contributed by atoms with Gasteiger partial charge in [-0.2, -0.15) is 5.10 Å². The molecule has 102 valence electrons. The van der Waals surface area contributed by atoms with Gasteiger partial charge in [-0.1, -0.05) is 28.1 Å². The van der Waals surface area contributed by atoms with Crippen molar-refractivity contribution in [2.75, 3.05) is 0 Å². The molecule has 19 heavy (non-hydrogen) atoms. The van der Waals surface area contributed by atoms with Gasteiger partial charge in [0.1, 0.15) is 0 Å². The predicted molar refractivity (Wildman–Crippen MR) is 82.2 cm³/mol. The van der Waals surface area contributed by atoms with Crippen LogP contribution in [0.4, 0.5) is 0 Å². The Labute approximate surface area is 122 Å². The molecule has 3 nitrogen and oxygen atoms in total. The van der Waals surface area contributed by atoms with Crippen LogP contribution >= 0.6 is 15.9 Å². The highest BCUT2D eigenvalue weighted by atomic mass is 79.9. The maximum absolute atomic E-state index is 6.26. The van der Waals surface area contributed by atoms with Gasteiger partial charge in [-0.15, -0.1) is 0 Å². The Morgan fingerprint density at radius 2 is 1.95 bits per heavy atom. The first kappa shape index (κ1) is 14.3. The first-order valence-electron chi connectivity index (χ1n) is 6.62. The zero-order valence-corrected chi connectivity index (χ0v) is 13.0. The molecule has 0 aliphatic rings. The minimum Gasteiger partial charge on any atom is -0.327 e. The largest absolute Gasteiger partial charge is 0.327 e. The lowest BCUT2D eigenvalue weighted by Crippen LogP contribution is -2.26. The zero-order valence-electron chi connectivity index (χ0n) is 11.4. The SMILES string of the molecule is CCn1nc(C)cc1CC(N)Cc1ccc(Br)cc1. The fourth-order valence-electron chi connectivity index (χ4n) is 2.30. The summed E-state index contributed by atoms with van der Waals surface area (Å²) in [6.45, 7) is 5.03. The third-order valence-electron chi connectivity index (χ3n) is 3.17. The molecule has 0 spiro atoms. The molecule has 0 bridgehead atoms. The van der Waals surface area contributed by atoms with Gasteiger partial charge < -0.3 is 5.73 Å². The number of halogens is 1. The lowest BCUT2D eigenvalue weighted by molar-refractivity contribution is 0.574. The second kappa shape index (κ2) is 6.35. The Morgan fingerprint density at radius 3 is 2.58 bits per heavy atom. The Bertz CT molecular complexity index is 531. The van der Waals surface area contributed by atoms with E-state index in [0.29, 0.717) is 0 Å². The van der Waals surface area contributed by atoms with Gasteiger partial charge in [-0.05, 0) is 44.0 Å². The van der Waals surface area contributed by atoms with Gasteiger partial charge >= 0.3 is 0 Å². The van der Waals surface area contributed by atoms with Crippen LogP contribution in [0.2, 0.25) is 0 Å². The predicted octanol–water partition coefficient (Wildman–Crippen LogP) is 3.09. The van der Waals surface area contributed by atoms with Gasteiger partial charge in [0.25, 0.3) is 0 Å². The van der Waals surface area contributed by atoms with Crippen LogP contribution < -0.4 is 5.73 Å². The van der Waals surface area contributed by atoms with Crippen molar-refractivity contribution >= 4 is 15.9 Å². The summed E-state index contributed by atoms with van der Waals surface area (Å²) in [4.78, 5) is 0. The van der Waals surface area contributed by atoms with E-state index >= 15 is 0 Å². The summed E-state index contributed by atoms with van der Waals surface area (Å²) in [5, 5.41) is 4.46. The minimum absolute atomic E-state index is 0.127. The zero-order chi connectivity index (χ0) is 13.8. The first-order valence-corrected chi connectivity index (χ1v) is 7.41. The van der Waals surface area contributed by atoms with E-state index in [1.807, 2.05) is 11.6 Å². The number of nitrogens with zero attached hydrogens (tertiary/aromatic N) is 2. The molecule has 0 amide bonds. The topological polar surface area (TPSA) is 43.8 Å². The van der Waals surface area contributed by atoms with Gasteiger partial charge in [0.05, 0.1) is 5.69 Å². The van der Waals surface area contributed by atoms with Crippen LogP contribution in [0.15, 0.2) is 34.8 Å². The molecule has 0 aliphatic carbocycles. The Hall–Kier alpha value is -1.13. The van der Waals surface area contributed by atoms with E-state index < -0.39 is 0 Å². The van der Waals surface area contributed by atoms with Crippen molar-refractivity contribution in [3.63, 3.8) is 0 Å². The molecular formula is C15H20BrN3. The van der Waals surface area contributed by atoms with E-state index in [9.17, 15) is 0 Å². The quantitative estimate of drug-likeness (QED) is 0.919. The Balaban J connectivity index is 2.00. The highest BCUT2D eigenvalue weighted by molar-refractivity contribution is 9.10. The van der Waals surface area contributed by atoms with E-state index in [4.69, 9.17) is 5.73 Å². The summed E-state index contributed by atoms with van der Waals surface area (Å²) >= 11 is 3.44. The molecule has 0 fully saturated rings. The van der Waals surface area contributed by atoms with Crippen LogP contribution in [-0.2, 0) is 19.4 Å². The number of rotatable bonds is 5. The first-order chi connectivity index (χ1) is 9.08. The molecule has 0 saturated carbocycles. The summed E-state index contributed by atoms with van der Waals surface area (Å²) in [5.41, 5.74) is 9.82. The van der Waals surface area contributed by atoms with Crippen LogP contribution in [0.5, 0.6) is 0 Å². The molecular weight excluding hydrogens is 302 g/mol. The van der Waals surface area contributed by atoms with Gasteiger partial charge in [0, 0.05) is 29.2 Å². The number of hydrogen-bond acceptors (Lipinski definition) is 2. The normalized spacial score (nSPS) is 12.6. The van der Waals surface area contributed by atoms with E-state index in [1.54, 1.807) is 0 Å². The Morgan fingerprint density at radius 1 is 1.26 bits per heavy atom. The molecule has 1 atom stereocenters. The summed E-state index contributed by atoms with van der Waals surface area (Å²) in [5.74, 6) is 0. The molecule has 2 N–H and O–H groups in total. The molecule has 0 aliphatic heterocycles. The van der Waals surface area contributed by atoms with Crippen molar-refractivity contribution in [3.05, 3.63) is 51.8 Å². The van der Waals surface area contributed by atoms with E-state index in [1.165, 1.54) is 11.3 Å². The minimum atomic E-state index is 0.127. The van der Waals surface area contributed by atoms with Gasteiger partial charge in [-0.3, -0.25) is 4.68 Å². The van der Waals surface area contributed by atoms with E-state index in [0.717, 1.165) is 29.6 Å². The number of hydrogen-bond donors (Lipinski definition) is 1. The van der Waals surface area contributed by atoms with Crippen LogP contribution in [-0.4, -0.2) is 15.8 Å². The van der Waals surface area contributed by atoms with Gasteiger partial charge in [-0.25, -0.2) is 0 Å². The Kier molecular flexibility index (Phi) is 4.77. The van der Waals surface area contributed by atoms with Crippen molar-refractivity contribution in [2.45, 2.75) is 39.3 Å². The second-order valence-electron chi connectivity index (χ2n) is 4.89. The van der Waals surface area contributed by atoms with Crippen molar-refractivity contribution in [1.82, 2.24) is 9.78 Å². The lowest BCUT2D eigenvalue weighted by atomic mass is 10.0. The lowest BCUT2D eigenvalue weighted by Gasteiger charge is -2.12. The molecule has 2 rings (SSSR count). The summed E-state index contributed by atoms with van der Waals surface area (Å²) in [6.07, 6.45) is 1.76. The summed E-state index contributed by atoms with van der Waals surface area (Å²) in [6, 6.07) is 10.6. The van der Waals surface area contributed by atoms with Crippen LogP contribution in [0.25, 0.3) is 0 Å². The van der Waals surface area contributed by atoms with E-state index in [-0.39, 0.29) is 6.04 Å². The van der Waals surface area contributed by atoms with Crippen molar-refractivity contribution in [1.29, 1.82) is 0 Å². The maximum atomic E-state index is 6.26. The molecule has 1 aromatic heterocycles. The molecule has 1 aromatic carbocycles. The number of nitrogens with two attached hydrogens (primary N) is 1. The standard InChI is InChI=1S/C15H20BrN3/c1-3-19-15(8-11(2)18-19)10-14(17)9-12-4-6-13(16)7-5-12/h4-8,14H,3,9-10,17H2,1-2H3. The highest BCUT2D eigenvalue weighted by Gasteiger charge is 2.10. The highest BCUT2D eigenvalue weighted by Crippen LogP contribution is 2.13. The van der Waals surface area contributed by atoms with Crippen molar-refractivity contribution in [3.8, 4) is 0 Å². The van der Waals surface area contributed by atoms with Crippen molar-refractivity contribution < 1.29 is 0 Å². The van der Waals surface area contributed by atoms with Crippen molar-refractivity contribution in [2.24, 2.45) is 5.73 Å². The average molecular weight is 322 g/mol. The second-order valence-corrected chi connectivity index (χ2v) is 5.80. The van der Waals surface area contributed by atoms with Gasteiger partial charge in [0.2, 0.25) is 0 Å². The molecule has 1 unspecified atom stereocenters. The fraction of sp³-hybridized carbons (Fsp3) is 0.400. The van der Waals surface area contributed by atoms with Crippen LogP contribution in [0.1, 0.15) is 23.9 Å². The van der Waals surface area contributed by atoms with E-state index in [2.05, 4.69) is 58.3 Å². The third-order valence-corrected chi connectivity index (χ3v) is 3.70. The number of benzene rings is 1. The molecule has 1 heterocycles. The average Bonchev–Trinajstić information content (AvgIpc) is 2.72. The maximum Gasteiger partial charge on any atom is 0.0596 e. The third kappa shape index (κ3) is 3.91. The molecule has 0 radical (unpaired) electrons. The fourth-order valence-corrected chi connectivity index (χ4v) is 2.57. The molecule has 0 saturated heterocycles. The smallest absolute Gasteiger partial charge is 0.0596 e. The number of aryl methyl sites for hydroxylation is 2.